The first-order valence-electron chi connectivity index (χ1n) is 10.5. The zero-order valence-corrected chi connectivity index (χ0v) is 17.3. The first-order valence-corrected chi connectivity index (χ1v) is 10.5. The fraction of sp³-hybridized carbons (Fsp3) is 0.333. The highest BCUT2D eigenvalue weighted by Crippen LogP contribution is 2.26. The van der Waals surface area contributed by atoms with Gasteiger partial charge in [-0.05, 0) is 62.2 Å². The molecule has 0 aromatic carbocycles. The van der Waals surface area contributed by atoms with Crippen LogP contribution in [0.3, 0.4) is 0 Å². The molecular weight excluding hydrogens is 374 g/mol. The van der Waals surface area contributed by atoms with Gasteiger partial charge in [0.2, 0.25) is 0 Å². The molecular formula is C24H27N5O. The van der Waals surface area contributed by atoms with Crippen LogP contribution in [-0.2, 0) is 13.1 Å². The minimum absolute atomic E-state index is 0.125. The van der Waals surface area contributed by atoms with E-state index in [4.69, 9.17) is 0 Å². The highest BCUT2D eigenvalue weighted by Gasteiger charge is 2.23. The molecule has 1 saturated heterocycles. The number of nitrogens with zero attached hydrogens (tertiary/aromatic N) is 4. The maximum absolute atomic E-state index is 12.5. The molecule has 6 nitrogen and oxygen atoms in total. The molecule has 0 aliphatic carbocycles. The van der Waals surface area contributed by atoms with Crippen LogP contribution in [0.15, 0.2) is 61.1 Å². The second-order valence-electron chi connectivity index (χ2n) is 7.82. The summed E-state index contributed by atoms with van der Waals surface area (Å²) < 4.78 is 0. The van der Waals surface area contributed by atoms with Crippen molar-refractivity contribution in [3.63, 3.8) is 0 Å². The number of aryl methyl sites for hydroxylation is 1. The Balaban J connectivity index is 1.34. The summed E-state index contributed by atoms with van der Waals surface area (Å²) in [6.07, 6.45) is 7.54. The molecule has 4 heterocycles. The third kappa shape index (κ3) is 5.07. The van der Waals surface area contributed by atoms with Crippen LogP contribution in [0.1, 0.15) is 51.8 Å². The monoisotopic (exact) mass is 401 g/mol. The van der Waals surface area contributed by atoms with E-state index in [9.17, 15) is 4.79 Å². The Labute approximate surface area is 177 Å². The number of piperidine rings is 1. The molecule has 1 atom stereocenters. The molecule has 30 heavy (non-hydrogen) atoms. The topological polar surface area (TPSA) is 71.0 Å². The van der Waals surface area contributed by atoms with E-state index < -0.39 is 0 Å². The van der Waals surface area contributed by atoms with E-state index in [0.29, 0.717) is 18.0 Å². The molecule has 4 rings (SSSR count). The maximum atomic E-state index is 12.5. The van der Waals surface area contributed by atoms with Gasteiger partial charge < -0.3 is 5.32 Å². The normalized spacial score (nSPS) is 16.9. The Morgan fingerprint density at radius 2 is 2.00 bits per heavy atom. The van der Waals surface area contributed by atoms with Crippen LogP contribution >= 0.6 is 0 Å². The molecule has 1 fully saturated rings. The van der Waals surface area contributed by atoms with E-state index >= 15 is 0 Å². The molecule has 3 aromatic heterocycles. The number of nitrogens with one attached hydrogen (secondary N) is 1. The number of hydrogen-bond donors (Lipinski definition) is 1. The summed E-state index contributed by atoms with van der Waals surface area (Å²) in [6, 6.07) is 13.8. The number of aromatic nitrogens is 3. The first kappa shape index (κ1) is 20.2. The van der Waals surface area contributed by atoms with Crippen molar-refractivity contribution in [2.24, 2.45) is 0 Å². The van der Waals surface area contributed by atoms with Gasteiger partial charge in [-0.1, -0.05) is 12.1 Å². The van der Waals surface area contributed by atoms with Crippen LogP contribution in [0, 0.1) is 6.92 Å². The fourth-order valence-corrected chi connectivity index (χ4v) is 3.91. The second kappa shape index (κ2) is 9.59. The second-order valence-corrected chi connectivity index (χ2v) is 7.82. The van der Waals surface area contributed by atoms with Crippen LogP contribution < -0.4 is 5.32 Å². The minimum Gasteiger partial charge on any atom is -0.346 e. The molecule has 1 aliphatic heterocycles. The lowest BCUT2D eigenvalue weighted by atomic mass is 9.94. The lowest BCUT2D eigenvalue weighted by Gasteiger charge is -2.32. The third-order valence-electron chi connectivity index (χ3n) is 5.62. The smallest absolute Gasteiger partial charge is 0.253 e. The van der Waals surface area contributed by atoms with Gasteiger partial charge in [-0.2, -0.15) is 0 Å². The average Bonchev–Trinajstić information content (AvgIpc) is 2.79. The van der Waals surface area contributed by atoms with Gasteiger partial charge in [-0.15, -0.1) is 0 Å². The molecule has 0 saturated carbocycles. The van der Waals surface area contributed by atoms with Gasteiger partial charge in [0.05, 0.1) is 23.5 Å². The molecule has 1 aliphatic rings. The van der Waals surface area contributed by atoms with Crippen LogP contribution in [0.2, 0.25) is 0 Å². The van der Waals surface area contributed by atoms with E-state index in [0.717, 1.165) is 55.1 Å². The van der Waals surface area contributed by atoms with Gasteiger partial charge >= 0.3 is 0 Å². The minimum atomic E-state index is -0.125. The van der Waals surface area contributed by atoms with Crippen molar-refractivity contribution in [1.29, 1.82) is 0 Å². The van der Waals surface area contributed by atoms with Crippen molar-refractivity contribution >= 4 is 5.91 Å². The Morgan fingerprint density at radius 1 is 1.10 bits per heavy atom. The van der Waals surface area contributed by atoms with E-state index in [2.05, 4.69) is 31.2 Å². The zero-order valence-electron chi connectivity index (χ0n) is 17.3. The van der Waals surface area contributed by atoms with Gasteiger partial charge in [0.25, 0.3) is 5.91 Å². The summed E-state index contributed by atoms with van der Waals surface area (Å²) >= 11 is 0. The molecule has 3 aromatic rings. The number of amides is 1. The first-order chi connectivity index (χ1) is 14.7. The van der Waals surface area contributed by atoms with Crippen LogP contribution in [-0.4, -0.2) is 38.8 Å². The molecule has 0 bridgehead atoms. The molecule has 0 radical (unpaired) electrons. The average molecular weight is 402 g/mol. The van der Waals surface area contributed by atoms with Gasteiger partial charge in [0, 0.05) is 43.3 Å². The predicted molar refractivity (Wildman–Crippen MR) is 116 cm³/mol. The Bertz CT molecular complexity index is 974. The summed E-state index contributed by atoms with van der Waals surface area (Å²) in [4.78, 5) is 28.3. The number of rotatable bonds is 6. The van der Waals surface area contributed by atoms with E-state index in [-0.39, 0.29) is 5.91 Å². The van der Waals surface area contributed by atoms with E-state index in [1.807, 2.05) is 49.5 Å². The van der Waals surface area contributed by atoms with Crippen LogP contribution in [0.5, 0.6) is 0 Å². The molecule has 1 amide bonds. The van der Waals surface area contributed by atoms with Gasteiger partial charge in [-0.25, -0.2) is 0 Å². The molecule has 1 N–H and O–H groups in total. The number of carbonyl (C=O) groups is 1. The van der Waals surface area contributed by atoms with Gasteiger partial charge in [-0.3, -0.25) is 24.6 Å². The number of pyridine rings is 3. The SMILES string of the molecule is Cc1cccnc1CNC(=O)c1ccc([C@@H]2CCCN(Cc3ccccn3)C2)nc1. The summed E-state index contributed by atoms with van der Waals surface area (Å²) in [7, 11) is 0. The summed E-state index contributed by atoms with van der Waals surface area (Å²) in [5.74, 6) is 0.260. The summed E-state index contributed by atoms with van der Waals surface area (Å²) in [5.41, 5.74) is 4.68. The lowest BCUT2D eigenvalue weighted by Crippen LogP contribution is -2.34. The largest absolute Gasteiger partial charge is 0.346 e. The fourth-order valence-electron chi connectivity index (χ4n) is 3.91. The summed E-state index contributed by atoms with van der Waals surface area (Å²) in [5, 5.41) is 2.93. The van der Waals surface area contributed by atoms with Crippen molar-refractivity contribution in [3.05, 3.63) is 89.3 Å². The van der Waals surface area contributed by atoms with E-state index in [1.165, 1.54) is 0 Å². The zero-order chi connectivity index (χ0) is 20.8. The van der Waals surface area contributed by atoms with Crippen molar-refractivity contribution < 1.29 is 4.79 Å². The molecule has 154 valence electrons. The number of carbonyl (C=O) groups excluding carboxylic acids is 1. The van der Waals surface area contributed by atoms with Crippen molar-refractivity contribution in [2.45, 2.75) is 38.8 Å². The Hall–Kier alpha value is -3.12. The maximum Gasteiger partial charge on any atom is 0.253 e. The van der Waals surface area contributed by atoms with Gasteiger partial charge in [0.1, 0.15) is 0 Å². The predicted octanol–water partition coefficient (Wildman–Crippen LogP) is 3.49. The third-order valence-corrected chi connectivity index (χ3v) is 5.62. The van der Waals surface area contributed by atoms with Crippen molar-refractivity contribution in [2.75, 3.05) is 13.1 Å². The number of likely N-dealkylation sites (tertiary alicyclic amines) is 1. The Kier molecular flexibility index (Phi) is 6.44. The number of hydrogen-bond acceptors (Lipinski definition) is 5. The molecule has 0 spiro atoms. The highest BCUT2D eigenvalue weighted by molar-refractivity contribution is 5.93. The van der Waals surface area contributed by atoms with E-state index in [1.54, 1.807) is 12.4 Å². The quantitative estimate of drug-likeness (QED) is 0.685. The van der Waals surface area contributed by atoms with Crippen molar-refractivity contribution in [1.82, 2.24) is 25.2 Å². The lowest BCUT2D eigenvalue weighted by molar-refractivity contribution is 0.0950. The van der Waals surface area contributed by atoms with Crippen LogP contribution in [0.25, 0.3) is 0 Å². The summed E-state index contributed by atoms with van der Waals surface area (Å²) in [6.45, 7) is 5.32. The van der Waals surface area contributed by atoms with Gasteiger partial charge in [0.15, 0.2) is 0 Å². The molecule has 0 unspecified atom stereocenters. The van der Waals surface area contributed by atoms with Crippen LogP contribution in [0.4, 0.5) is 0 Å². The standard InChI is InChI=1S/C24H27N5O/c1-18-6-4-12-26-23(18)15-28-24(30)19-9-10-22(27-14-19)20-7-5-13-29(16-20)17-21-8-2-3-11-25-21/h2-4,6,8-12,14,20H,5,7,13,15-17H2,1H3,(H,28,30)/t20-/m1/s1. The Morgan fingerprint density at radius 3 is 2.77 bits per heavy atom. The van der Waals surface area contributed by atoms with Crippen molar-refractivity contribution in [3.8, 4) is 0 Å². The molecule has 6 heteroatoms. The highest BCUT2D eigenvalue weighted by atomic mass is 16.1.